The molecule has 0 radical (unpaired) electrons. The van der Waals surface area contributed by atoms with E-state index in [-0.39, 0.29) is 29.0 Å². The molecule has 1 aliphatic heterocycles. The summed E-state index contributed by atoms with van der Waals surface area (Å²) < 4.78 is 25.0. The maximum Gasteiger partial charge on any atom is 0.319 e. The molecule has 6 nitrogen and oxygen atoms in total. The molecule has 0 saturated heterocycles. The Labute approximate surface area is 251 Å². The van der Waals surface area contributed by atoms with E-state index in [1.54, 1.807) is 0 Å². The van der Waals surface area contributed by atoms with Crippen LogP contribution in [0.1, 0.15) is 78.4 Å². The Morgan fingerprint density at radius 1 is 0.881 bits per heavy atom. The molecule has 0 aromatic heterocycles. The van der Waals surface area contributed by atoms with E-state index < -0.39 is 13.9 Å². The van der Waals surface area contributed by atoms with E-state index in [0.717, 1.165) is 22.6 Å². The van der Waals surface area contributed by atoms with Crippen LogP contribution in [0.15, 0.2) is 72.8 Å². The highest BCUT2D eigenvalue weighted by Crippen LogP contribution is 2.46. The molecule has 1 aliphatic rings. The van der Waals surface area contributed by atoms with Gasteiger partial charge in [-0.15, -0.1) is 0 Å². The number of hydrogen-bond donors (Lipinski definition) is 0. The van der Waals surface area contributed by atoms with Crippen molar-refractivity contribution in [2.24, 2.45) is 0 Å². The first kappa shape index (κ1) is 31.4. The zero-order chi connectivity index (χ0) is 30.7. The average molecular weight is 589 g/mol. The lowest BCUT2D eigenvalue weighted by Crippen LogP contribution is -2.68. The second-order valence-corrected chi connectivity index (χ2v) is 17.0. The van der Waals surface area contributed by atoms with Gasteiger partial charge in [0, 0.05) is 19.4 Å². The summed E-state index contributed by atoms with van der Waals surface area (Å²) in [6, 6.07) is 25.3. The van der Waals surface area contributed by atoms with Crippen LogP contribution in [-0.4, -0.2) is 38.6 Å². The molecule has 4 rings (SSSR count). The van der Waals surface area contributed by atoms with Gasteiger partial charge in [-0.1, -0.05) is 81.4 Å². The molecule has 0 spiro atoms. The van der Waals surface area contributed by atoms with Gasteiger partial charge in [0.05, 0.1) is 6.61 Å². The van der Waals surface area contributed by atoms with Gasteiger partial charge in [0.1, 0.15) is 23.2 Å². The first-order valence-electron chi connectivity index (χ1n) is 14.7. The van der Waals surface area contributed by atoms with Crippen LogP contribution in [0.25, 0.3) is 0 Å². The maximum atomic E-state index is 11.9. The second-order valence-electron chi connectivity index (χ2n) is 12.8. The lowest BCUT2D eigenvalue weighted by Gasteiger charge is -2.44. The van der Waals surface area contributed by atoms with E-state index in [9.17, 15) is 9.59 Å². The fraction of sp³-hybridized carbons (Fsp3) is 0.429. The van der Waals surface area contributed by atoms with Crippen LogP contribution in [0.4, 0.5) is 0 Å². The summed E-state index contributed by atoms with van der Waals surface area (Å²) in [5, 5.41) is 2.21. The van der Waals surface area contributed by atoms with Gasteiger partial charge in [-0.25, -0.2) is 0 Å². The number of ether oxygens (including phenoxy) is 3. The molecule has 0 unspecified atom stereocenters. The molecule has 0 fully saturated rings. The third-order valence-electron chi connectivity index (χ3n) is 8.15. The number of esters is 2. The Kier molecular flexibility index (Phi) is 9.21. The quantitative estimate of drug-likeness (QED) is 0.211. The highest BCUT2D eigenvalue weighted by atomic mass is 28.4. The van der Waals surface area contributed by atoms with E-state index in [1.807, 2.05) is 39.0 Å². The van der Waals surface area contributed by atoms with E-state index >= 15 is 0 Å². The number of benzene rings is 3. The monoisotopic (exact) mass is 588 g/mol. The molecule has 7 heteroatoms. The van der Waals surface area contributed by atoms with Crippen molar-refractivity contribution in [3.05, 3.63) is 83.9 Å². The summed E-state index contributed by atoms with van der Waals surface area (Å²) in [6.07, 6.45) is 0.861. The van der Waals surface area contributed by atoms with Crippen molar-refractivity contribution < 1.29 is 28.2 Å². The van der Waals surface area contributed by atoms with Gasteiger partial charge in [0.2, 0.25) is 0 Å². The summed E-state index contributed by atoms with van der Waals surface area (Å²) in [4.78, 5) is 23.4. The molecule has 3 aromatic rings. The molecule has 0 N–H and O–H groups in total. The molecule has 224 valence electrons. The molecule has 0 bridgehead atoms. The summed E-state index contributed by atoms with van der Waals surface area (Å²) in [5.74, 6) is 0.915. The van der Waals surface area contributed by atoms with Crippen molar-refractivity contribution in [3.8, 4) is 11.5 Å². The number of carbonyl (C=O) groups excluding carboxylic acids is 2. The predicted octanol–water partition coefficient (Wildman–Crippen LogP) is 6.46. The minimum absolute atomic E-state index is 0.00929. The number of fused-ring (bicyclic) bond motifs is 1. The standard InChI is InChI=1S/C35H44O6Si/c1-24-21-32-30(27(19-20-38-25(2)36)22-33(39-32)35(7,8)40-26(3)37)23-31(24)41-42(34(4,5)6,28-15-11-9-12-16-28)29-17-13-10-14-18-29/h9-18,21,23,27,33H,19-20,22H2,1-8H3/t27-,33-/m0/s1. The van der Waals surface area contributed by atoms with Gasteiger partial charge in [-0.2, -0.15) is 0 Å². The highest BCUT2D eigenvalue weighted by Gasteiger charge is 2.52. The van der Waals surface area contributed by atoms with Crippen LogP contribution in [0, 0.1) is 6.92 Å². The number of hydrogen-bond acceptors (Lipinski definition) is 6. The SMILES string of the molecule is CC(=O)OCC[C@H]1C[C@@H](C(C)(C)OC(C)=O)Oc2cc(C)c(O[Si](c3ccccc3)(c3ccccc3)C(C)(C)C)cc21. The number of carbonyl (C=O) groups is 2. The fourth-order valence-corrected chi connectivity index (χ4v) is 10.6. The Morgan fingerprint density at radius 3 is 1.95 bits per heavy atom. The number of aryl methyl sites for hydroxylation is 1. The normalized spacial score (nSPS) is 17.0. The summed E-state index contributed by atoms with van der Waals surface area (Å²) in [6.45, 7) is 15.7. The van der Waals surface area contributed by atoms with Crippen LogP contribution < -0.4 is 19.5 Å². The zero-order valence-corrected chi connectivity index (χ0v) is 27.2. The molecule has 2 atom stereocenters. The molecule has 0 amide bonds. The van der Waals surface area contributed by atoms with Gasteiger partial charge in [-0.05, 0) is 72.6 Å². The minimum atomic E-state index is -2.86. The molecule has 42 heavy (non-hydrogen) atoms. The van der Waals surface area contributed by atoms with Crippen LogP contribution in [0.2, 0.25) is 5.04 Å². The Bertz CT molecular complexity index is 1350. The second kappa shape index (κ2) is 12.3. The van der Waals surface area contributed by atoms with Crippen molar-refractivity contribution in [1.82, 2.24) is 0 Å². The maximum absolute atomic E-state index is 11.9. The van der Waals surface area contributed by atoms with Crippen molar-refractivity contribution in [3.63, 3.8) is 0 Å². The van der Waals surface area contributed by atoms with Gasteiger partial charge >= 0.3 is 20.3 Å². The van der Waals surface area contributed by atoms with Crippen molar-refractivity contribution in [2.45, 2.75) is 90.9 Å². The van der Waals surface area contributed by atoms with Gasteiger partial charge in [0.25, 0.3) is 0 Å². The Morgan fingerprint density at radius 2 is 1.45 bits per heavy atom. The van der Waals surface area contributed by atoms with E-state index in [4.69, 9.17) is 18.6 Å². The largest absolute Gasteiger partial charge is 0.534 e. The highest BCUT2D eigenvalue weighted by molar-refractivity contribution is 7.00. The zero-order valence-electron chi connectivity index (χ0n) is 26.2. The number of rotatable bonds is 9. The first-order valence-corrected chi connectivity index (χ1v) is 16.6. The fourth-order valence-electron chi connectivity index (χ4n) is 6.09. The van der Waals surface area contributed by atoms with Crippen LogP contribution in [0.3, 0.4) is 0 Å². The molecule has 0 aliphatic carbocycles. The summed E-state index contributed by atoms with van der Waals surface area (Å²) >= 11 is 0. The lowest BCUT2D eigenvalue weighted by atomic mass is 9.82. The van der Waals surface area contributed by atoms with E-state index in [0.29, 0.717) is 19.4 Å². The molecule has 1 heterocycles. The summed E-state index contributed by atoms with van der Waals surface area (Å²) in [5.41, 5.74) is 1.14. The third kappa shape index (κ3) is 6.56. The molecular weight excluding hydrogens is 544 g/mol. The van der Waals surface area contributed by atoms with Crippen LogP contribution in [0.5, 0.6) is 11.5 Å². The first-order chi connectivity index (χ1) is 19.7. The Hall–Kier alpha value is -3.58. The molecular formula is C35H44O6Si. The third-order valence-corrected chi connectivity index (χ3v) is 13.1. The Balaban J connectivity index is 1.83. The van der Waals surface area contributed by atoms with Gasteiger partial charge < -0.3 is 18.6 Å². The van der Waals surface area contributed by atoms with Crippen molar-refractivity contribution >= 4 is 30.6 Å². The van der Waals surface area contributed by atoms with Gasteiger partial charge in [-0.3, -0.25) is 9.59 Å². The van der Waals surface area contributed by atoms with E-state index in [2.05, 4.69) is 75.4 Å². The van der Waals surface area contributed by atoms with Crippen molar-refractivity contribution in [2.75, 3.05) is 6.61 Å². The lowest BCUT2D eigenvalue weighted by molar-refractivity contribution is -0.164. The van der Waals surface area contributed by atoms with Gasteiger partial charge in [0.15, 0.2) is 0 Å². The van der Waals surface area contributed by atoms with E-state index in [1.165, 1.54) is 24.2 Å². The molecule has 3 aromatic carbocycles. The van der Waals surface area contributed by atoms with Crippen LogP contribution in [-0.2, 0) is 19.1 Å². The topological polar surface area (TPSA) is 71.1 Å². The van der Waals surface area contributed by atoms with Crippen LogP contribution >= 0.6 is 0 Å². The minimum Gasteiger partial charge on any atom is -0.534 e. The predicted molar refractivity (Wildman–Crippen MR) is 168 cm³/mol. The average Bonchev–Trinajstić information content (AvgIpc) is 2.91. The summed E-state index contributed by atoms with van der Waals surface area (Å²) in [7, 11) is -2.86. The smallest absolute Gasteiger partial charge is 0.319 e. The molecule has 0 saturated carbocycles. The van der Waals surface area contributed by atoms with Crippen molar-refractivity contribution in [1.29, 1.82) is 0 Å².